The highest BCUT2D eigenvalue weighted by atomic mass is 16.6. The number of ether oxygens (including phenoxy) is 3. The lowest BCUT2D eigenvalue weighted by molar-refractivity contribution is 0.0789. The second-order valence-corrected chi connectivity index (χ2v) is 4.94. The van der Waals surface area contributed by atoms with Crippen LogP contribution in [0.15, 0.2) is 48.5 Å². The van der Waals surface area contributed by atoms with Gasteiger partial charge in [0.15, 0.2) is 11.5 Å². The molecule has 1 amide bonds. The van der Waals surface area contributed by atoms with Crippen LogP contribution < -0.4 is 19.5 Å². The normalized spacial score (nSPS) is 16.0. The highest BCUT2D eigenvalue weighted by molar-refractivity contribution is 5.94. The molecule has 0 aliphatic carbocycles. The molecule has 5 heteroatoms. The van der Waals surface area contributed by atoms with E-state index in [4.69, 9.17) is 14.2 Å². The fourth-order valence-electron chi connectivity index (χ4n) is 2.21. The number of hydrogen-bond acceptors (Lipinski definition) is 4. The Bertz CT molecular complexity index is 654. The second kappa shape index (κ2) is 6.39. The molecule has 0 saturated carbocycles. The Balaban J connectivity index is 1.55. The number of rotatable bonds is 4. The second-order valence-electron chi connectivity index (χ2n) is 4.94. The number of hydrogen-bond donors (Lipinski definition) is 1. The molecule has 2 aromatic rings. The molecule has 0 radical (unpaired) electrons. The van der Waals surface area contributed by atoms with Crippen molar-refractivity contribution in [2.75, 3.05) is 20.3 Å². The molecule has 0 fully saturated rings. The molecule has 3 rings (SSSR count). The Morgan fingerprint density at radius 1 is 1.18 bits per heavy atom. The van der Waals surface area contributed by atoms with Crippen molar-refractivity contribution in [1.29, 1.82) is 0 Å². The predicted octanol–water partition coefficient (Wildman–Crippen LogP) is 2.27. The topological polar surface area (TPSA) is 56.8 Å². The van der Waals surface area contributed by atoms with Gasteiger partial charge in [0.05, 0.1) is 13.7 Å². The molecular weight excluding hydrogens is 282 g/mol. The van der Waals surface area contributed by atoms with Gasteiger partial charge < -0.3 is 19.5 Å². The maximum Gasteiger partial charge on any atom is 0.251 e. The van der Waals surface area contributed by atoms with Crippen molar-refractivity contribution < 1.29 is 19.0 Å². The highest BCUT2D eigenvalue weighted by Gasteiger charge is 2.21. The summed E-state index contributed by atoms with van der Waals surface area (Å²) < 4.78 is 16.5. The minimum atomic E-state index is -0.197. The van der Waals surface area contributed by atoms with E-state index in [1.807, 2.05) is 24.3 Å². The molecule has 1 heterocycles. The highest BCUT2D eigenvalue weighted by Crippen LogP contribution is 2.30. The third-order valence-electron chi connectivity index (χ3n) is 3.41. The molecule has 0 spiro atoms. The average molecular weight is 299 g/mol. The van der Waals surface area contributed by atoms with E-state index in [2.05, 4.69) is 5.32 Å². The van der Waals surface area contributed by atoms with Crippen LogP contribution in [-0.4, -0.2) is 32.3 Å². The van der Waals surface area contributed by atoms with Gasteiger partial charge in [-0.3, -0.25) is 4.79 Å². The molecule has 5 nitrogen and oxygen atoms in total. The molecule has 2 aromatic carbocycles. The van der Waals surface area contributed by atoms with Gasteiger partial charge in [0, 0.05) is 5.56 Å². The van der Waals surface area contributed by atoms with Crippen LogP contribution in [0.2, 0.25) is 0 Å². The lowest BCUT2D eigenvalue weighted by Crippen LogP contribution is -2.40. The van der Waals surface area contributed by atoms with Gasteiger partial charge >= 0.3 is 0 Å². The van der Waals surface area contributed by atoms with Gasteiger partial charge in [-0.25, -0.2) is 0 Å². The maximum absolute atomic E-state index is 12.1. The van der Waals surface area contributed by atoms with Gasteiger partial charge in [0.25, 0.3) is 5.91 Å². The summed E-state index contributed by atoms with van der Waals surface area (Å²) in [6.45, 7) is 0.805. The van der Waals surface area contributed by atoms with E-state index in [0.717, 1.165) is 11.5 Å². The van der Waals surface area contributed by atoms with Crippen molar-refractivity contribution in [3.63, 3.8) is 0 Å². The summed E-state index contributed by atoms with van der Waals surface area (Å²) in [6, 6.07) is 14.5. The summed E-state index contributed by atoms with van der Waals surface area (Å²) in [7, 11) is 1.59. The Hall–Kier alpha value is -2.69. The van der Waals surface area contributed by atoms with Gasteiger partial charge in [-0.2, -0.15) is 0 Å². The van der Waals surface area contributed by atoms with E-state index in [9.17, 15) is 4.79 Å². The molecule has 0 bridgehead atoms. The van der Waals surface area contributed by atoms with Crippen LogP contribution in [-0.2, 0) is 0 Å². The Morgan fingerprint density at radius 2 is 1.91 bits per heavy atom. The summed E-state index contributed by atoms with van der Waals surface area (Å²) in [5, 5.41) is 2.85. The lowest BCUT2D eigenvalue weighted by atomic mass is 10.2. The number of methoxy groups -OCH3 is 1. The minimum Gasteiger partial charge on any atom is -0.497 e. The first-order chi connectivity index (χ1) is 10.8. The van der Waals surface area contributed by atoms with Gasteiger partial charge in [-0.05, 0) is 36.4 Å². The van der Waals surface area contributed by atoms with Crippen LogP contribution in [0.3, 0.4) is 0 Å². The first-order valence-electron chi connectivity index (χ1n) is 7.07. The molecule has 114 valence electrons. The van der Waals surface area contributed by atoms with Crippen molar-refractivity contribution in [2.24, 2.45) is 0 Å². The molecule has 1 aliphatic rings. The fourth-order valence-corrected chi connectivity index (χ4v) is 2.21. The van der Waals surface area contributed by atoms with Crippen LogP contribution in [0.25, 0.3) is 0 Å². The molecule has 1 aliphatic heterocycles. The largest absolute Gasteiger partial charge is 0.497 e. The molecule has 1 atom stereocenters. The van der Waals surface area contributed by atoms with E-state index in [1.54, 1.807) is 31.4 Å². The van der Waals surface area contributed by atoms with E-state index in [1.165, 1.54) is 0 Å². The first-order valence-corrected chi connectivity index (χ1v) is 7.07. The third kappa shape index (κ3) is 3.14. The minimum absolute atomic E-state index is 0.148. The van der Waals surface area contributed by atoms with Crippen LogP contribution in [0.4, 0.5) is 0 Å². The molecule has 0 aromatic heterocycles. The predicted molar refractivity (Wildman–Crippen MR) is 81.7 cm³/mol. The maximum atomic E-state index is 12.1. The van der Waals surface area contributed by atoms with Crippen LogP contribution in [0.1, 0.15) is 10.4 Å². The van der Waals surface area contributed by atoms with E-state index >= 15 is 0 Å². The van der Waals surface area contributed by atoms with Crippen LogP contribution >= 0.6 is 0 Å². The third-order valence-corrected chi connectivity index (χ3v) is 3.41. The number of carbonyl (C=O) groups is 1. The number of carbonyl (C=O) groups excluding carboxylic acids is 1. The summed E-state index contributed by atoms with van der Waals surface area (Å²) in [4.78, 5) is 12.1. The summed E-state index contributed by atoms with van der Waals surface area (Å²) in [5.41, 5.74) is 0.581. The first kappa shape index (κ1) is 14.3. The zero-order chi connectivity index (χ0) is 15.4. The van der Waals surface area contributed by atoms with Gasteiger partial charge in [-0.1, -0.05) is 12.1 Å². The van der Waals surface area contributed by atoms with E-state index in [-0.39, 0.29) is 12.0 Å². The number of nitrogens with one attached hydrogen (secondary N) is 1. The van der Waals surface area contributed by atoms with Crippen molar-refractivity contribution >= 4 is 5.91 Å². The number of fused-ring (bicyclic) bond motifs is 1. The molecule has 1 N–H and O–H groups in total. The standard InChI is InChI=1S/C17H17NO4/c1-20-13-8-6-12(7-9-13)17(19)18-10-14-11-21-15-4-2-3-5-16(15)22-14/h2-9,14H,10-11H2,1H3,(H,18,19)/t14-/m0/s1. The smallest absolute Gasteiger partial charge is 0.251 e. The van der Waals surface area contributed by atoms with Gasteiger partial charge in [0.1, 0.15) is 18.5 Å². The molecule has 0 saturated heterocycles. The number of amides is 1. The van der Waals surface area contributed by atoms with Crippen molar-refractivity contribution in [1.82, 2.24) is 5.32 Å². The molecule has 0 unspecified atom stereocenters. The van der Waals surface area contributed by atoms with Gasteiger partial charge in [-0.15, -0.1) is 0 Å². The van der Waals surface area contributed by atoms with Crippen LogP contribution in [0.5, 0.6) is 17.2 Å². The summed E-state index contributed by atoms with van der Waals surface area (Å²) in [5.74, 6) is 2.01. The van der Waals surface area contributed by atoms with E-state index in [0.29, 0.717) is 24.5 Å². The Morgan fingerprint density at radius 3 is 2.64 bits per heavy atom. The molecule has 22 heavy (non-hydrogen) atoms. The van der Waals surface area contributed by atoms with E-state index < -0.39 is 0 Å². The fraction of sp³-hybridized carbons (Fsp3) is 0.235. The Labute approximate surface area is 128 Å². The number of benzene rings is 2. The zero-order valence-corrected chi connectivity index (χ0v) is 12.2. The lowest BCUT2D eigenvalue weighted by Gasteiger charge is -2.26. The monoisotopic (exact) mass is 299 g/mol. The average Bonchev–Trinajstić information content (AvgIpc) is 2.59. The van der Waals surface area contributed by atoms with Crippen molar-refractivity contribution in [3.8, 4) is 17.2 Å². The van der Waals surface area contributed by atoms with Crippen molar-refractivity contribution in [2.45, 2.75) is 6.10 Å². The number of para-hydroxylation sites is 2. The Kier molecular flexibility index (Phi) is 4.14. The molecular formula is C17H17NO4. The quantitative estimate of drug-likeness (QED) is 0.941. The SMILES string of the molecule is COc1ccc(C(=O)NC[C@H]2COc3ccccc3O2)cc1. The summed E-state index contributed by atoms with van der Waals surface area (Å²) >= 11 is 0. The summed E-state index contributed by atoms with van der Waals surface area (Å²) in [6.07, 6.45) is -0.197. The van der Waals surface area contributed by atoms with Crippen molar-refractivity contribution in [3.05, 3.63) is 54.1 Å². The van der Waals surface area contributed by atoms with Crippen LogP contribution in [0, 0.1) is 0 Å². The zero-order valence-electron chi connectivity index (χ0n) is 12.2. The van der Waals surface area contributed by atoms with Gasteiger partial charge in [0.2, 0.25) is 0 Å².